The monoisotopic (exact) mass is 322 g/mol. The molecule has 0 aliphatic heterocycles. The van der Waals surface area contributed by atoms with Crippen LogP contribution in [0.25, 0.3) is 0 Å². The summed E-state index contributed by atoms with van der Waals surface area (Å²) < 4.78 is 28.7. The van der Waals surface area contributed by atoms with Gasteiger partial charge in [-0.3, -0.25) is 4.18 Å². The first-order valence-electron chi connectivity index (χ1n) is 7.47. The summed E-state index contributed by atoms with van der Waals surface area (Å²) in [6.07, 6.45) is 6.75. The first kappa shape index (κ1) is 20.9. The predicted octanol–water partition coefficient (Wildman–Crippen LogP) is 4.01. The Labute approximate surface area is 145 Å². The lowest BCUT2D eigenvalue weighted by atomic mass is 10.0. The lowest BCUT2D eigenvalue weighted by molar-refractivity contribution is 0.306. The third-order valence-electron chi connectivity index (χ3n) is 3.20. The van der Waals surface area contributed by atoms with Crippen molar-refractivity contribution in [2.75, 3.05) is 6.61 Å². The smallest absolute Gasteiger partial charge is 0.266 e. The van der Waals surface area contributed by atoms with Crippen LogP contribution in [0, 0.1) is 5.92 Å². The second-order valence-electron chi connectivity index (χ2n) is 5.54. The minimum absolute atomic E-state index is 0. The van der Waals surface area contributed by atoms with Gasteiger partial charge < -0.3 is 0 Å². The maximum Gasteiger partial charge on any atom is 0.296 e. The van der Waals surface area contributed by atoms with Gasteiger partial charge in [-0.15, -0.1) is 0 Å². The molecule has 116 valence electrons. The van der Waals surface area contributed by atoms with Crippen molar-refractivity contribution in [2.24, 2.45) is 5.92 Å². The summed E-state index contributed by atoms with van der Waals surface area (Å²) in [5, 5.41) is 0. The van der Waals surface area contributed by atoms with Crippen LogP contribution in [0.5, 0.6) is 0 Å². The Morgan fingerprint density at radius 2 is 1.52 bits per heavy atom. The fourth-order valence-electron chi connectivity index (χ4n) is 2.01. The van der Waals surface area contributed by atoms with E-state index in [2.05, 4.69) is 13.8 Å². The van der Waals surface area contributed by atoms with Crippen LogP contribution in [0.3, 0.4) is 0 Å². The van der Waals surface area contributed by atoms with Gasteiger partial charge in [-0.1, -0.05) is 64.2 Å². The molecule has 0 aliphatic carbocycles. The fourth-order valence-corrected chi connectivity index (χ4v) is 2.97. The fraction of sp³-hybridized carbons (Fsp3) is 0.625. The van der Waals surface area contributed by atoms with Gasteiger partial charge in [-0.25, -0.2) is 0 Å². The van der Waals surface area contributed by atoms with Crippen molar-refractivity contribution in [1.29, 1.82) is 0 Å². The van der Waals surface area contributed by atoms with Gasteiger partial charge >= 0.3 is 0 Å². The van der Waals surface area contributed by atoms with Crippen molar-refractivity contribution < 1.29 is 12.6 Å². The highest BCUT2D eigenvalue weighted by molar-refractivity contribution is 7.86. The van der Waals surface area contributed by atoms with Crippen LogP contribution in [0.2, 0.25) is 0 Å². The van der Waals surface area contributed by atoms with E-state index >= 15 is 0 Å². The Morgan fingerprint density at radius 1 is 0.952 bits per heavy atom. The van der Waals surface area contributed by atoms with Gasteiger partial charge in [0.05, 0.1) is 11.5 Å². The van der Waals surface area contributed by atoms with Gasteiger partial charge in [0.15, 0.2) is 0 Å². The molecule has 0 aliphatic rings. The van der Waals surface area contributed by atoms with Gasteiger partial charge in [0, 0.05) is 23.1 Å². The standard InChI is InChI=1S/C16H26O3S.Mg/c1-15(2)11-7-4-3-5-10-14-19-20(17,18)16-12-8-6-9-13-16;/h6,8-9,12-13,15H,3-5,7,10-11,14H2,1-2H3;. The zero-order chi connectivity index (χ0) is 14.8. The van der Waals surface area contributed by atoms with Crippen molar-refractivity contribution in [1.82, 2.24) is 0 Å². The third kappa shape index (κ3) is 9.50. The molecule has 2 radical (unpaired) electrons. The quantitative estimate of drug-likeness (QED) is 0.371. The van der Waals surface area contributed by atoms with Crippen molar-refractivity contribution in [3.63, 3.8) is 0 Å². The number of hydrogen-bond acceptors (Lipinski definition) is 3. The highest BCUT2D eigenvalue weighted by Gasteiger charge is 2.13. The van der Waals surface area contributed by atoms with E-state index in [4.69, 9.17) is 4.18 Å². The molecule has 3 nitrogen and oxygen atoms in total. The minimum atomic E-state index is -3.57. The van der Waals surface area contributed by atoms with Crippen molar-refractivity contribution >= 4 is 33.2 Å². The maximum absolute atomic E-state index is 11.8. The summed E-state index contributed by atoms with van der Waals surface area (Å²) in [7, 11) is -3.57. The van der Waals surface area contributed by atoms with E-state index < -0.39 is 10.1 Å². The number of unbranched alkanes of at least 4 members (excludes halogenated alkanes) is 4. The maximum atomic E-state index is 11.8. The van der Waals surface area contributed by atoms with E-state index in [0.717, 1.165) is 25.2 Å². The van der Waals surface area contributed by atoms with E-state index in [1.165, 1.54) is 19.3 Å². The molecule has 0 N–H and O–H groups in total. The molecule has 0 spiro atoms. The Morgan fingerprint density at radius 3 is 2.14 bits per heavy atom. The Bertz CT molecular complexity index is 458. The van der Waals surface area contributed by atoms with Crippen LogP contribution >= 0.6 is 0 Å². The SMILES string of the molecule is CC(C)CCCCCCCOS(=O)(=O)c1ccccc1.[Mg]. The molecule has 0 saturated heterocycles. The van der Waals surface area contributed by atoms with Crippen molar-refractivity contribution in [3.8, 4) is 0 Å². The molecule has 1 rings (SSSR count). The molecule has 0 unspecified atom stereocenters. The lowest BCUT2D eigenvalue weighted by Crippen LogP contribution is -2.07. The van der Waals surface area contributed by atoms with E-state index in [0.29, 0.717) is 0 Å². The number of hydrogen-bond donors (Lipinski definition) is 0. The number of rotatable bonds is 10. The van der Waals surface area contributed by atoms with E-state index in [1.54, 1.807) is 30.3 Å². The summed E-state index contributed by atoms with van der Waals surface area (Å²) in [5.41, 5.74) is 0. The molecule has 0 saturated carbocycles. The zero-order valence-electron chi connectivity index (χ0n) is 13.3. The molecule has 0 amide bonds. The predicted molar refractivity (Wildman–Crippen MR) is 87.9 cm³/mol. The summed E-state index contributed by atoms with van der Waals surface area (Å²) in [6.45, 7) is 4.76. The first-order chi connectivity index (χ1) is 9.52. The average Bonchev–Trinajstić information content (AvgIpc) is 2.42. The normalized spacial score (nSPS) is 11.4. The molecule has 0 aromatic heterocycles. The molecule has 0 bridgehead atoms. The van der Waals surface area contributed by atoms with E-state index in [-0.39, 0.29) is 34.6 Å². The van der Waals surface area contributed by atoms with Gasteiger partial charge in [0.2, 0.25) is 0 Å². The van der Waals surface area contributed by atoms with Crippen LogP contribution in [0.1, 0.15) is 52.4 Å². The zero-order valence-corrected chi connectivity index (χ0v) is 15.5. The summed E-state index contributed by atoms with van der Waals surface area (Å²) in [6, 6.07) is 8.30. The van der Waals surface area contributed by atoms with E-state index in [9.17, 15) is 8.42 Å². The highest BCUT2D eigenvalue weighted by atomic mass is 32.2. The van der Waals surface area contributed by atoms with Crippen LogP contribution in [-0.2, 0) is 14.3 Å². The van der Waals surface area contributed by atoms with Gasteiger partial charge in [0.1, 0.15) is 0 Å². The largest absolute Gasteiger partial charge is 0.296 e. The van der Waals surface area contributed by atoms with Crippen LogP contribution in [-0.4, -0.2) is 38.1 Å². The summed E-state index contributed by atoms with van der Waals surface area (Å²) >= 11 is 0. The average molecular weight is 323 g/mol. The molecule has 0 atom stereocenters. The van der Waals surface area contributed by atoms with Crippen molar-refractivity contribution in [3.05, 3.63) is 30.3 Å². The Balaban J connectivity index is 0.00000400. The van der Waals surface area contributed by atoms with Crippen molar-refractivity contribution in [2.45, 2.75) is 57.3 Å². The second kappa shape index (κ2) is 11.5. The van der Waals surface area contributed by atoms with Gasteiger partial charge in [0.25, 0.3) is 10.1 Å². The van der Waals surface area contributed by atoms with Gasteiger partial charge in [-0.2, -0.15) is 8.42 Å². The van der Waals surface area contributed by atoms with Crippen LogP contribution in [0.15, 0.2) is 35.2 Å². The molecule has 5 heteroatoms. The lowest BCUT2D eigenvalue weighted by Gasteiger charge is -2.06. The Kier molecular flexibility index (Phi) is 11.4. The topological polar surface area (TPSA) is 43.4 Å². The molecular weight excluding hydrogens is 297 g/mol. The first-order valence-corrected chi connectivity index (χ1v) is 8.87. The van der Waals surface area contributed by atoms with Crippen LogP contribution in [0.4, 0.5) is 0 Å². The molecule has 0 fully saturated rings. The van der Waals surface area contributed by atoms with E-state index in [1.807, 2.05) is 0 Å². The second-order valence-corrected chi connectivity index (χ2v) is 7.15. The Hall–Kier alpha value is -0.104. The highest BCUT2D eigenvalue weighted by Crippen LogP contribution is 2.13. The summed E-state index contributed by atoms with van der Waals surface area (Å²) in [4.78, 5) is 0.233. The molecule has 0 heterocycles. The molecule has 21 heavy (non-hydrogen) atoms. The van der Waals surface area contributed by atoms with Crippen LogP contribution < -0.4 is 0 Å². The molecule has 1 aromatic carbocycles. The summed E-state index contributed by atoms with van der Waals surface area (Å²) in [5.74, 6) is 0.773. The molecular formula is C16H26MgO3S. The number of benzene rings is 1. The minimum Gasteiger partial charge on any atom is -0.266 e. The molecule has 1 aromatic rings. The third-order valence-corrected chi connectivity index (χ3v) is 4.52. The van der Waals surface area contributed by atoms with Gasteiger partial charge in [-0.05, 0) is 24.5 Å².